The molecule has 1 heterocycles. The Kier molecular flexibility index (Phi) is 2.92. The van der Waals surface area contributed by atoms with E-state index in [2.05, 4.69) is 23.3 Å². The molecule has 2 aromatic rings. The van der Waals surface area contributed by atoms with E-state index in [1.54, 1.807) is 0 Å². The van der Waals surface area contributed by atoms with E-state index < -0.39 is 0 Å². The van der Waals surface area contributed by atoms with Crippen LogP contribution in [0.15, 0.2) is 30.3 Å². The number of rotatable bonds is 2. The second-order valence-corrected chi connectivity index (χ2v) is 4.95. The van der Waals surface area contributed by atoms with Gasteiger partial charge in [-0.3, -0.25) is 0 Å². The van der Waals surface area contributed by atoms with Gasteiger partial charge >= 0.3 is 0 Å². The molecule has 0 saturated heterocycles. The molecule has 0 amide bonds. The van der Waals surface area contributed by atoms with E-state index in [9.17, 15) is 5.26 Å². The predicted molar refractivity (Wildman–Crippen MR) is 75.4 cm³/mol. The van der Waals surface area contributed by atoms with Crippen molar-refractivity contribution in [2.24, 2.45) is 0 Å². The van der Waals surface area contributed by atoms with Gasteiger partial charge in [0.15, 0.2) is 0 Å². The molecule has 0 fully saturated rings. The Hall–Kier alpha value is -2.34. The first kappa shape index (κ1) is 11.7. The Morgan fingerprint density at radius 1 is 1.21 bits per heavy atom. The Balaban J connectivity index is 1.96. The van der Waals surface area contributed by atoms with E-state index in [1.807, 2.05) is 30.3 Å². The van der Waals surface area contributed by atoms with Crippen LogP contribution < -0.4 is 5.32 Å². The third-order valence-electron chi connectivity index (χ3n) is 3.49. The number of aromatic nitrogens is 1. The summed E-state index contributed by atoms with van der Waals surface area (Å²) in [4.78, 5) is 4.61. The standard InChI is InChI=1S/C16H15N3/c1-11-5-7-14(8-6-11)18-16-13(10-17)9-12-3-2-4-15(12)19-16/h5-9H,2-4H2,1H3,(H,18,19). The summed E-state index contributed by atoms with van der Waals surface area (Å²) in [5.74, 6) is 0.673. The molecule has 0 atom stereocenters. The van der Waals surface area contributed by atoms with Gasteiger partial charge in [0.25, 0.3) is 0 Å². The minimum atomic E-state index is 0.626. The van der Waals surface area contributed by atoms with Crippen LogP contribution in [0.25, 0.3) is 0 Å². The van der Waals surface area contributed by atoms with Crippen LogP contribution in [-0.4, -0.2) is 4.98 Å². The van der Waals surface area contributed by atoms with Crippen LogP contribution in [0.5, 0.6) is 0 Å². The highest BCUT2D eigenvalue weighted by Gasteiger charge is 2.16. The lowest BCUT2D eigenvalue weighted by Crippen LogP contribution is -2.00. The van der Waals surface area contributed by atoms with Crippen molar-refractivity contribution >= 4 is 11.5 Å². The molecule has 0 saturated carbocycles. The van der Waals surface area contributed by atoms with Crippen molar-refractivity contribution in [3.05, 3.63) is 52.7 Å². The van der Waals surface area contributed by atoms with Crippen LogP contribution >= 0.6 is 0 Å². The molecular weight excluding hydrogens is 234 g/mol. The Morgan fingerprint density at radius 2 is 2.00 bits per heavy atom. The number of aryl methyl sites for hydroxylation is 3. The van der Waals surface area contributed by atoms with Crippen LogP contribution in [0.4, 0.5) is 11.5 Å². The summed E-state index contributed by atoms with van der Waals surface area (Å²) in [6.45, 7) is 2.05. The molecule has 0 spiro atoms. The molecule has 3 rings (SSSR count). The molecule has 3 heteroatoms. The maximum atomic E-state index is 9.24. The third-order valence-corrected chi connectivity index (χ3v) is 3.49. The Labute approximate surface area is 112 Å². The van der Waals surface area contributed by atoms with Crippen LogP contribution in [0, 0.1) is 18.3 Å². The van der Waals surface area contributed by atoms with Gasteiger partial charge in [0.2, 0.25) is 0 Å². The van der Waals surface area contributed by atoms with Gasteiger partial charge < -0.3 is 5.32 Å². The molecule has 1 aromatic carbocycles. The van der Waals surface area contributed by atoms with Crippen molar-refractivity contribution in [3.63, 3.8) is 0 Å². The molecule has 1 aliphatic rings. The number of fused-ring (bicyclic) bond motifs is 1. The Bertz CT molecular complexity index is 651. The van der Waals surface area contributed by atoms with Gasteiger partial charge in [-0.15, -0.1) is 0 Å². The summed E-state index contributed by atoms with van der Waals surface area (Å²) in [6.07, 6.45) is 3.20. The molecule has 0 aliphatic heterocycles. The summed E-state index contributed by atoms with van der Waals surface area (Å²) in [5.41, 5.74) is 5.17. The smallest absolute Gasteiger partial charge is 0.148 e. The lowest BCUT2D eigenvalue weighted by molar-refractivity contribution is 0.900. The maximum absolute atomic E-state index is 9.24. The molecule has 94 valence electrons. The highest BCUT2D eigenvalue weighted by Crippen LogP contribution is 2.26. The van der Waals surface area contributed by atoms with Gasteiger partial charge in [0, 0.05) is 11.4 Å². The summed E-state index contributed by atoms with van der Waals surface area (Å²) < 4.78 is 0. The molecule has 0 unspecified atom stereocenters. The number of nitriles is 1. The van der Waals surface area contributed by atoms with Crippen LogP contribution in [-0.2, 0) is 12.8 Å². The molecule has 1 N–H and O–H groups in total. The molecular formula is C16H15N3. The van der Waals surface area contributed by atoms with Gasteiger partial charge in [-0.25, -0.2) is 4.98 Å². The largest absolute Gasteiger partial charge is 0.339 e. The lowest BCUT2D eigenvalue weighted by atomic mass is 10.1. The topological polar surface area (TPSA) is 48.7 Å². The van der Waals surface area contributed by atoms with Gasteiger partial charge in [-0.2, -0.15) is 5.26 Å². The van der Waals surface area contributed by atoms with Crippen LogP contribution in [0.3, 0.4) is 0 Å². The second kappa shape index (κ2) is 4.74. The fourth-order valence-electron chi connectivity index (χ4n) is 2.43. The van der Waals surface area contributed by atoms with E-state index in [0.717, 1.165) is 30.6 Å². The zero-order chi connectivity index (χ0) is 13.2. The van der Waals surface area contributed by atoms with E-state index in [0.29, 0.717) is 11.4 Å². The second-order valence-electron chi connectivity index (χ2n) is 4.95. The minimum Gasteiger partial charge on any atom is -0.339 e. The molecule has 3 nitrogen and oxygen atoms in total. The van der Waals surface area contributed by atoms with Crippen molar-refractivity contribution in [3.8, 4) is 6.07 Å². The fraction of sp³-hybridized carbons (Fsp3) is 0.250. The SMILES string of the molecule is Cc1ccc(Nc2nc3c(cc2C#N)CCC3)cc1. The molecule has 1 aliphatic carbocycles. The minimum absolute atomic E-state index is 0.626. The number of nitrogens with zero attached hydrogens (tertiary/aromatic N) is 2. The summed E-state index contributed by atoms with van der Waals surface area (Å²) >= 11 is 0. The highest BCUT2D eigenvalue weighted by atomic mass is 15.0. The van der Waals surface area contributed by atoms with Crippen molar-refractivity contribution < 1.29 is 0 Å². The van der Waals surface area contributed by atoms with Crippen molar-refractivity contribution in [2.45, 2.75) is 26.2 Å². The number of anilines is 2. The quantitative estimate of drug-likeness (QED) is 0.886. The lowest BCUT2D eigenvalue weighted by Gasteiger charge is -2.10. The summed E-state index contributed by atoms with van der Waals surface area (Å²) in [7, 11) is 0. The monoisotopic (exact) mass is 249 g/mol. The van der Waals surface area contributed by atoms with Crippen LogP contribution in [0.1, 0.15) is 28.8 Å². The van der Waals surface area contributed by atoms with Crippen molar-refractivity contribution in [1.29, 1.82) is 5.26 Å². The average Bonchev–Trinajstić information content (AvgIpc) is 2.87. The van der Waals surface area contributed by atoms with Gasteiger partial charge in [0.1, 0.15) is 11.9 Å². The van der Waals surface area contributed by atoms with E-state index >= 15 is 0 Å². The molecule has 19 heavy (non-hydrogen) atoms. The van der Waals surface area contributed by atoms with Crippen molar-refractivity contribution in [1.82, 2.24) is 4.98 Å². The summed E-state index contributed by atoms with van der Waals surface area (Å²) in [6, 6.07) is 12.3. The normalized spacial score (nSPS) is 12.8. The number of pyridine rings is 1. The fourth-order valence-corrected chi connectivity index (χ4v) is 2.43. The zero-order valence-corrected chi connectivity index (χ0v) is 10.9. The van der Waals surface area contributed by atoms with E-state index in [4.69, 9.17) is 0 Å². The first-order valence-corrected chi connectivity index (χ1v) is 6.53. The third kappa shape index (κ3) is 2.30. The van der Waals surface area contributed by atoms with Crippen molar-refractivity contribution in [2.75, 3.05) is 5.32 Å². The number of benzene rings is 1. The first-order valence-electron chi connectivity index (χ1n) is 6.53. The molecule has 1 aromatic heterocycles. The van der Waals surface area contributed by atoms with Gasteiger partial charge in [-0.1, -0.05) is 17.7 Å². The number of hydrogen-bond donors (Lipinski definition) is 1. The molecule has 0 bridgehead atoms. The zero-order valence-electron chi connectivity index (χ0n) is 10.9. The van der Waals surface area contributed by atoms with E-state index in [1.165, 1.54) is 11.1 Å². The molecule has 0 radical (unpaired) electrons. The van der Waals surface area contributed by atoms with Gasteiger partial charge in [0.05, 0.1) is 5.56 Å². The van der Waals surface area contributed by atoms with Gasteiger partial charge in [-0.05, 0) is 49.9 Å². The number of hydrogen-bond acceptors (Lipinski definition) is 3. The first-order chi connectivity index (χ1) is 9.26. The number of nitrogens with one attached hydrogen (secondary N) is 1. The predicted octanol–water partition coefficient (Wildman–Crippen LogP) is 3.49. The highest BCUT2D eigenvalue weighted by molar-refractivity contribution is 5.64. The van der Waals surface area contributed by atoms with E-state index in [-0.39, 0.29) is 0 Å². The Morgan fingerprint density at radius 3 is 2.74 bits per heavy atom. The maximum Gasteiger partial charge on any atom is 0.148 e. The summed E-state index contributed by atoms with van der Waals surface area (Å²) in [5, 5.41) is 12.5. The average molecular weight is 249 g/mol. The van der Waals surface area contributed by atoms with Crippen LogP contribution in [0.2, 0.25) is 0 Å².